The van der Waals surface area contributed by atoms with Crippen molar-refractivity contribution in [1.82, 2.24) is 14.9 Å². The summed E-state index contributed by atoms with van der Waals surface area (Å²) in [4.78, 5) is 18.1. The fourth-order valence-electron chi connectivity index (χ4n) is 2.03. The van der Waals surface area contributed by atoms with E-state index in [2.05, 4.69) is 15.6 Å². The lowest BCUT2D eigenvalue weighted by molar-refractivity contribution is 0.251. The van der Waals surface area contributed by atoms with Crippen LogP contribution in [0.5, 0.6) is 0 Å². The third-order valence-corrected chi connectivity index (χ3v) is 3.14. The lowest BCUT2D eigenvalue weighted by atomic mass is 10.2. The van der Waals surface area contributed by atoms with Gasteiger partial charge in [0.2, 0.25) is 5.95 Å². The van der Waals surface area contributed by atoms with Crippen LogP contribution in [-0.4, -0.2) is 29.7 Å². The van der Waals surface area contributed by atoms with Crippen molar-refractivity contribution in [3.63, 3.8) is 0 Å². The maximum absolute atomic E-state index is 11.9. The molecule has 0 fully saturated rings. The molecule has 22 heavy (non-hydrogen) atoms. The van der Waals surface area contributed by atoms with E-state index in [9.17, 15) is 4.79 Å². The molecule has 114 valence electrons. The Morgan fingerprint density at radius 2 is 2.23 bits per heavy atom. The number of nitrogens with zero attached hydrogens (tertiary/aromatic N) is 4. The van der Waals surface area contributed by atoms with E-state index < -0.39 is 0 Å². The van der Waals surface area contributed by atoms with Gasteiger partial charge in [-0.25, -0.2) is 9.78 Å². The van der Waals surface area contributed by atoms with Gasteiger partial charge in [0.15, 0.2) is 0 Å². The monoisotopic (exact) mass is 298 g/mol. The van der Waals surface area contributed by atoms with Crippen molar-refractivity contribution in [3.05, 3.63) is 41.7 Å². The standard InChI is InChI=1S/C15H18N6O/c1-20(2)15-18-10-13(21(15)3)9-17-14(22)19-12-6-4-5-11(7-12)8-16/h4-7,10H,9H2,1-3H3,(H2,17,19,22). The molecule has 7 heteroatoms. The molecular formula is C15H18N6O. The van der Waals surface area contributed by atoms with E-state index in [4.69, 9.17) is 5.26 Å². The van der Waals surface area contributed by atoms with Crippen LogP contribution in [0.25, 0.3) is 0 Å². The van der Waals surface area contributed by atoms with Gasteiger partial charge in [-0.3, -0.25) is 0 Å². The summed E-state index contributed by atoms with van der Waals surface area (Å²) < 4.78 is 1.91. The maximum Gasteiger partial charge on any atom is 0.319 e. The second-order valence-corrected chi connectivity index (χ2v) is 5.00. The predicted octanol–water partition coefficient (Wildman–Crippen LogP) is 1.68. The summed E-state index contributed by atoms with van der Waals surface area (Å²) >= 11 is 0. The molecule has 0 radical (unpaired) electrons. The van der Waals surface area contributed by atoms with Crippen LogP contribution in [0, 0.1) is 11.3 Å². The zero-order chi connectivity index (χ0) is 16.1. The first-order chi connectivity index (χ1) is 10.5. The summed E-state index contributed by atoms with van der Waals surface area (Å²) in [6.07, 6.45) is 1.73. The summed E-state index contributed by atoms with van der Waals surface area (Å²) in [6.45, 7) is 0.362. The quantitative estimate of drug-likeness (QED) is 0.899. The molecule has 0 atom stereocenters. The molecular weight excluding hydrogens is 280 g/mol. The van der Waals surface area contributed by atoms with E-state index in [1.807, 2.05) is 36.7 Å². The van der Waals surface area contributed by atoms with Gasteiger partial charge in [0.25, 0.3) is 0 Å². The van der Waals surface area contributed by atoms with Crippen molar-refractivity contribution in [3.8, 4) is 6.07 Å². The number of anilines is 2. The Kier molecular flexibility index (Phi) is 4.63. The molecule has 1 aromatic heterocycles. The summed E-state index contributed by atoms with van der Waals surface area (Å²) in [5.74, 6) is 0.818. The zero-order valence-corrected chi connectivity index (χ0v) is 12.8. The van der Waals surface area contributed by atoms with E-state index in [0.717, 1.165) is 11.6 Å². The number of carbonyl (C=O) groups is 1. The van der Waals surface area contributed by atoms with Crippen molar-refractivity contribution in [2.24, 2.45) is 7.05 Å². The lowest BCUT2D eigenvalue weighted by Gasteiger charge is -2.13. The number of nitrogens with one attached hydrogen (secondary N) is 2. The van der Waals surface area contributed by atoms with Crippen molar-refractivity contribution >= 4 is 17.7 Å². The molecule has 1 heterocycles. The number of carbonyl (C=O) groups excluding carboxylic acids is 1. The maximum atomic E-state index is 11.9. The van der Waals surface area contributed by atoms with Crippen LogP contribution in [0.1, 0.15) is 11.3 Å². The molecule has 0 aliphatic heterocycles. The number of hydrogen-bond acceptors (Lipinski definition) is 4. The molecule has 2 rings (SSSR count). The van der Waals surface area contributed by atoms with Crippen LogP contribution in [0.4, 0.5) is 16.4 Å². The molecule has 0 saturated heterocycles. The van der Waals surface area contributed by atoms with Gasteiger partial charge in [-0.15, -0.1) is 0 Å². The Morgan fingerprint density at radius 3 is 2.86 bits per heavy atom. The van der Waals surface area contributed by atoms with E-state index in [1.165, 1.54) is 0 Å². The summed E-state index contributed by atoms with van der Waals surface area (Å²) in [5, 5.41) is 14.3. The molecule has 0 aliphatic rings. The van der Waals surface area contributed by atoms with Gasteiger partial charge < -0.3 is 20.1 Å². The van der Waals surface area contributed by atoms with Crippen LogP contribution < -0.4 is 15.5 Å². The fraction of sp³-hybridized carbons (Fsp3) is 0.267. The summed E-state index contributed by atoms with van der Waals surface area (Å²) in [5.41, 5.74) is 1.97. The van der Waals surface area contributed by atoms with E-state index in [1.54, 1.807) is 30.5 Å². The molecule has 0 saturated carbocycles. The first-order valence-corrected chi connectivity index (χ1v) is 6.74. The normalized spacial score (nSPS) is 9.91. The largest absolute Gasteiger partial charge is 0.348 e. The molecule has 0 spiro atoms. The van der Waals surface area contributed by atoms with Crippen LogP contribution in [-0.2, 0) is 13.6 Å². The minimum absolute atomic E-state index is 0.331. The zero-order valence-electron chi connectivity index (χ0n) is 12.8. The molecule has 7 nitrogen and oxygen atoms in total. The van der Waals surface area contributed by atoms with Crippen LogP contribution in [0.2, 0.25) is 0 Å². The van der Waals surface area contributed by atoms with Gasteiger partial charge in [-0.1, -0.05) is 6.07 Å². The predicted molar refractivity (Wildman–Crippen MR) is 84.6 cm³/mol. The number of benzene rings is 1. The minimum Gasteiger partial charge on any atom is -0.348 e. The van der Waals surface area contributed by atoms with Crippen LogP contribution in [0.3, 0.4) is 0 Å². The Labute approximate surface area is 129 Å². The number of nitriles is 1. The first-order valence-electron chi connectivity index (χ1n) is 6.74. The van der Waals surface area contributed by atoms with Gasteiger partial charge in [0, 0.05) is 26.8 Å². The fourth-order valence-corrected chi connectivity index (χ4v) is 2.03. The Morgan fingerprint density at radius 1 is 1.45 bits per heavy atom. The van der Waals surface area contributed by atoms with E-state index >= 15 is 0 Å². The Balaban J connectivity index is 1.94. The Bertz CT molecular complexity index is 713. The van der Waals surface area contributed by atoms with Gasteiger partial charge in [0.05, 0.1) is 30.1 Å². The van der Waals surface area contributed by atoms with Gasteiger partial charge in [-0.05, 0) is 18.2 Å². The molecule has 0 aliphatic carbocycles. The molecule has 2 amide bonds. The molecule has 2 aromatic rings. The first kappa shape index (κ1) is 15.4. The molecule has 1 aromatic carbocycles. The third kappa shape index (κ3) is 3.55. The van der Waals surface area contributed by atoms with E-state index in [0.29, 0.717) is 17.8 Å². The highest BCUT2D eigenvalue weighted by molar-refractivity contribution is 5.89. The summed E-state index contributed by atoms with van der Waals surface area (Å²) in [7, 11) is 5.72. The van der Waals surface area contributed by atoms with Crippen LogP contribution >= 0.6 is 0 Å². The number of rotatable bonds is 4. The van der Waals surface area contributed by atoms with Gasteiger partial charge >= 0.3 is 6.03 Å². The van der Waals surface area contributed by atoms with Crippen molar-refractivity contribution in [2.75, 3.05) is 24.3 Å². The number of amides is 2. The van der Waals surface area contributed by atoms with Crippen molar-refractivity contribution < 1.29 is 4.79 Å². The average Bonchev–Trinajstić information content (AvgIpc) is 2.86. The molecule has 0 unspecified atom stereocenters. The number of hydrogen-bond donors (Lipinski definition) is 2. The Hall–Kier alpha value is -3.01. The number of imidazole rings is 1. The third-order valence-electron chi connectivity index (χ3n) is 3.14. The topological polar surface area (TPSA) is 86.0 Å². The van der Waals surface area contributed by atoms with Crippen LogP contribution in [0.15, 0.2) is 30.5 Å². The lowest BCUT2D eigenvalue weighted by Crippen LogP contribution is -2.29. The summed E-state index contributed by atoms with van der Waals surface area (Å²) in [6, 6.07) is 8.45. The highest BCUT2D eigenvalue weighted by Crippen LogP contribution is 2.11. The highest BCUT2D eigenvalue weighted by Gasteiger charge is 2.09. The smallest absolute Gasteiger partial charge is 0.319 e. The van der Waals surface area contributed by atoms with E-state index in [-0.39, 0.29) is 6.03 Å². The van der Waals surface area contributed by atoms with Crippen molar-refractivity contribution in [2.45, 2.75) is 6.54 Å². The SMILES string of the molecule is CN(C)c1ncc(CNC(=O)Nc2cccc(C#N)c2)n1C. The average molecular weight is 298 g/mol. The highest BCUT2D eigenvalue weighted by atomic mass is 16.2. The number of urea groups is 1. The number of aromatic nitrogens is 2. The molecule has 0 bridgehead atoms. The van der Waals surface area contributed by atoms with Gasteiger partial charge in [0.1, 0.15) is 0 Å². The minimum atomic E-state index is -0.331. The second kappa shape index (κ2) is 6.63. The van der Waals surface area contributed by atoms with Crippen molar-refractivity contribution in [1.29, 1.82) is 5.26 Å². The second-order valence-electron chi connectivity index (χ2n) is 5.00. The molecule has 2 N–H and O–H groups in total. The van der Waals surface area contributed by atoms with Gasteiger partial charge in [-0.2, -0.15) is 5.26 Å².